The quantitative estimate of drug-likeness (QED) is 0.802. The first-order chi connectivity index (χ1) is 9.71. The maximum Gasteiger partial charge on any atom is 0.168 e. The first-order valence-electron chi connectivity index (χ1n) is 6.35. The van der Waals surface area contributed by atoms with Crippen molar-refractivity contribution in [2.45, 2.75) is 12.5 Å². The van der Waals surface area contributed by atoms with Gasteiger partial charge in [-0.1, -0.05) is 60.7 Å². The minimum atomic E-state index is -1.26. The zero-order valence-corrected chi connectivity index (χ0v) is 11.8. The molecule has 100 valence electrons. The van der Waals surface area contributed by atoms with Gasteiger partial charge in [0.25, 0.3) is 0 Å². The molecule has 0 bridgehead atoms. The van der Waals surface area contributed by atoms with Crippen LogP contribution in [0, 0.1) is 6.92 Å². The van der Waals surface area contributed by atoms with E-state index in [0.29, 0.717) is 10.8 Å². The Balaban J connectivity index is 2.23. The largest absolute Gasteiger partial charge is 0.374 e. The molecule has 0 saturated carbocycles. The summed E-state index contributed by atoms with van der Waals surface area (Å²) < 4.78 is 4.20. The van der Waals surface area contributed by atoms with E-state index in [-0.39, 0.29) is 0 Å². The van der Waals surface area contributed by atoms with Crippen LogP contribution in [-0.2, 0) is 5.60 Å². The molecule has 1 heterocycles. The molecule has 0 unspecified atom stereocenters. The SMILES string of the molecule is Cc1nsc(C(O)(c2ccccc2)c2ccccc2)n1. The highest BCUT2D eigenvalue weighted by molar-refractivity contribution is 7.05. The fourth-order valence-electron chi connectivity index (χ4n) is 2.22. The minimum absolute atomic E-state index is 0.590. The highest BCUT2D eigenvalue weighted by Crippen LogP contribution is 2.37. The molecule has 0 aliphatic carbocycles. The molecule has 0 spiro atoms. The van der Waals surface area contributed by atoms with Crippen LogP contribution in [-0.4, -0.2) is 14.5 Å². The molecule has 20 heavy (non-hydrogen) atoms. The Labute approximate surface area is 121 Å². The fourth-order valence-corrected chi connectivity index (χ4v) is 3.02. The Morgan fingerprint density at radius 1 is 0.900 bits per heavy atom. The van der Waals surface area contributed by atoms with Crippen molar-refractivity contribution in [3.63, 3.8) is 0 Å². The van der Waals surface area contributed by atoms with Gasteiger partial charge in [0.05, 0.1) is 0 Å². The number of aromatic nitrogens is 2. The summed E-state index contributed by atoms with van der Waals surface area (Å²) in [5.41, 5.74) is 0.332. The molecule has 1 N–H and O–H groups in total. The molecule has 4 heteroatoms. The van der Waals surface area contributed by atoms with E-state index < -0.39 is 5.60 Å². The van der Waals surface area contributed by atoms with Crippen molar-refractivity contribution in [3.8, 4) is 0 Å². The average Bonchev–Trinajstić information content (AvgIpc) is 2.95. The van der Waals surface area contributed by atoms with Crippen LogP contribution in [0.25, 0.3) is 0 Å². The van der Waals surface area contributed by atoms with E-state index in [1.807, 2.05) is 67.6 Å². The van der Waals surface area contributed by atoms with Gasteiger partial charge in [-0.2, -0.15) is 4.37 Å². The summed E-state index contributed by atoms with van der Waals surface area (Å²) in [5, 5.41) is 11.9. The van der Waals surface area contributed by atoms with E-state index >= 15 is 0 Å². The second kappa shape index (κ2) is 5.15. The van der Waals surface area contributed by atoms with Crippen LogP contribution in [0.1, 0.15) is 22.0 Å². The topological polar surface area (TPSA) is 46.0 Å². The number of nitrogens with zero attached hydrogens (tertiary/aromatic N) is 2. The molecule has 0 amide bonds. The third-order valence-electron chi connectivity index (χ3n) is 3.22. The number of aryl methyl sites for hydroxylation is 1. The smallest absolute Gasteiger partial charge is 0.168 e. The van der Waals surface area contributed by atoms with Gasteiger partial charge >= 0.3 is 0 Å². The summed E-state index contributed by atoms with van der Waals surface area (Å²) in [6.07, 6.45) is 0. The lowest BCUT2D eigenvalue weighted by Crippen LogP contribution is -2.28. The maximum atomic E-state index is 11.3. The lowest BCUT2D eigenvalue weighted by Gasteiger charge is -2.26. The van der Waals surface area contributed by atoms with E-state index in [9.17, 15) is 5.11 Å². The van der Waals surface area contributed by atoms with Gasteiger partial charge in [0, 0.05) is 0 Å². The molecule has 0 atom stereocenters. The number of rotatable bonds is 3. The molecule has 3 aromatic rings. The molecule has 0 fully saturated rings. The van der Waals surface area contributed by atoms with Crippen molar-refractivity contribution in [2.24, 2.45) is 0 Å². The lowest BCUT2D eigenvalue weighted by molar-refractivity contribution is 0.125. The Bertz CT molecular complexity index is 655. The molecule has 3 rings (SSSR count). The van der Waals surface area contributed by atoms with Crippen molar-refractivity contribution in [3.05, 3.63) is 82.6 Å². The van der Waals surface area contributed by atoms with Gasteiger partial charge in [-0.05, 0) is 29.6 Å². The van der Waals surface area contributed by atoms with Crippen LogP contribution < -0.4 is 0 Å². The van der Waals surface area contributed by atoms with Gasteiger partial charge in [-0.3, -0.25) is 0 Å². The Morgan fingerprint density at radius 2 is 1.40 bits per heavy atom. The van der Waals surface area contributed by atoms with Crippen molar-refractivity contribution < 1.29 is 5.11 Å². The monoisotopic (exact) mass is 282 g/mol. The number of aliphatic hydroxyl groups is 1. The van der Waals surface area contributed by atoms with E-state index in [4.69, 9.17) is 0 Å². The molecule has 0 aliphatic rings. The lowest BCUT2D eigenvalue weighted by atomic mass is 9.87. The zero-order valence-electron chi connectivity index (χ0n) is 11.0. The average molecular weight is 282 g/mol. The number of hydrogen-bond donors (Lipinski definition) is 1. The molecular formula is C16H14N2OS. The van der Waals surface area contributed by atoms with Crippen LogP contribution in [0.15, 0.2) is 60.7 Å². The minimum Gasteiger partial charge on any atom is -0.374 e. The second-order valence-corrected chi connectivity index (χ2v) is 5.34. The van der Waals surface area contributed by atoms with Gasteiger partial charge in [0.15, 0.2) is 10.6 Å². The van der Waals surface area contributed by atoms with Crippen LogP contribution in [0.4, 0.5) is 0 Å². The van der Waals surface area contributed by atoms with Crippen molar-refractivity contribution in [2.75, 3.05) is 0 Å². The maximum absolute atomic E-state index is 11.3. The van der Waals surface area contributed by atoms with Crippen LogP contribution in [0.2, 0.25) is 0 Å². The Hall–Kier alpha value is -2.04. The normalized spacial score (nSPS) is 11.5. The third kappa shape index (κ3) is 2.13. The van der Waals surface area contributed by atoms with Crippen LogP contribution >= 0.6 is 11.5 Å². The van der Waals surface area contributed by atoms with Crippen LogP contribution in [0.5, 0.6) is 0 Å². The van der Waals surface area contributed by atoms with Gasteiger partial charge in [0.1, 0.15) is 5.82 Å². The standard InChI is InChI=1S/C16H14N2OS/c1-12-17-15(20-18-12)16(19,13-8-4-2-5-9-13)14-10-6-3-7-11-14/h2-11,19H,1H3. The van der Waals surface area contributed by atoms with E-state index in [2.05, 4.69) is 9.36 Å². The predicted molar refractivity (Wildman–Crippen MR) is 79.6 cm³/mol. The zero-order chi connectivity index (χ0) is 14.0. The van der Waals surface area contributed by atoms with Gasteiger partial charge in [0.2, 0.25) is 0 Å². The van der Waals surface area contributed by atoms with Gasteiger partial charge in [-0.25, -0.2) is 4.98 Å². The van der Waals surface area contributed by atoms with E-state index in [0.717, 1.165) is 11.1 Å². The van der Waals surface area contributed by atoms with E-state index in [1.54, 1.807) is 0 Å². The molecule has 1 aromatic heterocycles. The highest BCUT2D eigenvalue weighted by atomic mass is 32.1. The fraction of sp³-hybridized carbons (Fsp3) is 0.125. The first kappa shape index (κ1) is 13.0. The summed E-state index contributed by atoms with van der Waals surface area (Å²) in [4.78, 5) is 4.39. The molecule has 0 aliphatic heterocycles. The summed E-state index contributed by atoms with van der Waals surface area (Å²) in [7, 11) is 0. The first-order valence-corrected chi connectivity index (χ1v) is 7.13. The molecule has 0 saturated heterocycles. The summed E-state index contributed by atoms with van der Waals surface area (Å²) in [5.74, 6) is 0.676. The predicted octanol–water partition coefficient (Wildman–Crippen LogP) is 3.13. The molecule has 2 aromatic carbocycles. The van der Waals surface area contributed by atoms with Gasteiger partial charge < -0.3 is 5.11 Å². The third-order valence-corrected chi connectivity index (χ3v) is 4.14. The van der Waals surface area contributed by atoms with E-state index in [1.165, 1.54) is 11.5 Å². The van der Waals surface area contributed by atoms with Crippen molar-refractivity contribution in [1.29, 1.82) is 0 Å². The Kier molecular flexibility index (Phi) is 3.34. The van der Waals surface area contributed by atoms with Crippen LogP contribution in [0.3, 0.4) is 0 Å². The molecular weight excluding hydrogens is 268 g/mol. The van der Waals surface area contributed by atoms with Gasteiger partial charge in [-0.15, -0.1) is 0 Å². The highest BCUT2D eigenvalue weighted by Gasteiger charge is 2.37. The van der Waals surface area contributed by atoms with Crippen molar-refractivity contribution in [1.82, 2.24) is 9.36 Å². The number of benzene rings is 2. The summed E-state index contributed by atoms with van der Waals surface area (Å²) in [6.45, 7) is 1.83. The second-order valence-electron chi connectivity index (χ2n) is 4.59. The molecule has 3 nitrogen and oxygen atoms in total. The Morgan fingerprint density at radius 3 is 1.80 bits per heavy atom. The number of hydrogen-bond acceptors (Lipinski definition) is 4. The summed E-state index contributed by atoms with van der Waals surface area (Å²) in [6, 6.07) is 19.1. The summed E-state index contributed by atoms with van der Waals surface area (Å²) >= 11 is 1.24. The molecule has 0 radical (unpaired) electrons. The van der Waals surface area contributed by atoms with Crippen molar-refractivity contribution >= 4 is 11.5 Å².